The van der Waals surface area contributed by atoms with Crippen LogP contribution in [0.25, 0.3) is 0 Å². The fourth-order valence-electron chi connectivity index (χ4n) is 2.90. The molecule has 8 heteroatoms. The normalized spacial score (nSPS) is 14.8. The van der Waals surface area contributed by atoms with Crippen LogP contribution >= 0.6 is 0 Å². The molecule has 1 aliphatic heterocycles. The molecule has 2 aromatic rings. The van der Waals surface area contributed by atoms with E-state index < -0.39 is 0 Å². The first-order valence-electron chi connectivity index (χ1n) is 8.75. The van der Waals surface area contributed by atoms with E-state index in [1.807, 2.05) is 4.90 Å². The van der Waals surface area contributed by atoms with Crippen LogP contribution in [0.3, 0.4) is 0 Å². The second kappa shape index (κ2) is 8.59. The van der Waals surface area contributed by atoms with E-state index in [4.69, 9.17) is 5.73 Å². The minimum Gasteiger partial charge on any atom is -0.397 e. The third kappa shape index (κ3) is 5.49. The molecule has 3 rings (SSSR count). The van der Waals surface area contributed by atoms with Crippen molar-refractivity contribution in [1.82, 2.24) is 14.8 Å². The highest BCUT2D eigenvalue weighted by Gasteiger charge is 2.22. The molecule has 3 N–H and O–H groups in total. The molecule has 7 nitrogen and oxygen atoms in total. The molecular weight excluding hydrogens is 349 g/mol. The average molecular weight is 371 g/mol. The van der Waals surface area contributed by atoms with Gasteiger partial charge in [0.15, 0.2) is 0 Å². The number of carbonyl (C=O) groups is 2. The van der Waals surface area contributed by atoms with Gasteiger partial charge < -0.3 is 16.0 Å². The van der Waals surface area contributed by atoms with Crippen molar-refractivity contribution in [2.45, 2.75) is 6.42 Å². The zero-order valence-electron chi connectivity index (χ0n) is 14.9. The summed E-state index contributed by atoms with van der Waals surface area (Å²) in [5.41, 5.74) is 7.42. The molecule has 0 radical (unpaired) electrons. The molecule has 1 aliphatic rings. The highest BCUT2D eigenvalue weighted by molar-refractivity contribution is 5.92. The highest BCUT2D eigenvalue weighted by Crippen LogP contribution is 2.10. The average Bonchev–Trinajstić information content (AvgIpc) is 2.66. The Kier molecular flexibility index (Phi) is 5.97. The van der Waals surface area contributed by atoms with Crippen LogP contribution in [0.4, 0.5) is 15.8 Å². The Morgan fingerprint density at radius 1 is 1.07 bits per heavy atom. The lowest BCUT2D eigenvalue weighted by Crippen LogP contribution is -2.50. The van der Waals surface area contributed by atoms with Gasteiger partial charge in [-0.05, 0) is 36.4 Å². The van der Waals surface area contributed by atoms with Gasteiger partial charge in [-0.3, -0.25) is 19.5 Å². The van der Waals surface area contributed by atoms with Gasteiger partial charge in [-0.15, -0.1) is 0 Å². The molecule has 1 fully saturated rings. The lowest BCUT2D eigenvalue weighted by molar-refractivity contribution is -0.132. The van der Waals surface area contributed by atoms with Crippen molar-refractivity contribution in [3.8, 4) is 0 Å². The second-order valence-corrected chi connectivity index (χ2v) is 6.47. The number of aromatic nitrogens is 1. The lowest BCUT2D eigenvalue weighted by Gasteiger charge is -2.34. The van der Waals surface area contributed by atoms with Gasteiger partial charge in [-0.2, -0.15) is 0 Å². The molecule has 0 bridgehead atoms. The van der Waals surface area contributed by atoms with E-state index in [0.29, 0.717) is 43.2 Å². The summed E-state index contributed by atoms with van der Waals surface area (Å²) in [7, 11) is 0. The summed E-state index contributed by atoms with van der Waals surface area (Å²) in [6, 6.07) is 9.13. The van der Waals surface area contributed by atoms with Crippen molar-refractivity contribution in [1.29, 1.82) is 0 Å². The Hall–Kier alpha value is -3.00. The molecule has 2 amide bonds. The van der Waals surface area contributed by atoms with Crippen LogP contribution in [0.15, 0.2) is 42.6 Å². The molecule has 142 valence electrons. The first-order chi connectivity index (χ1) is 13.0. The van der Waals surface area contributed by atoms with E-state index in [1.54, 1.807) is 23.2 Å². The Bertz CT molecular complexity index is 787. The molecule has 1 saturated heterocycles. The smallest absolute Gasteiger partial charge is 0.238 e. The zero-order chi connectivity index (χ0) is 19.2. The number of nitrogens with two attached hydrogens (primary N) is 1. The fraction of sp³-hybridized carbons (Fsp3) is 0.316. The van der Waals surface area contributed by atoms with E-state index in [0.717, 1.165) is 0 Å². The van der Waals surface area contributed by atoms with Crippen molar-refractivity contribution in [2.75, 3.05) is 43.8 Å². The van der Waals surface area contributed by atoms with Crippen LogP contribution in [0, 0.1) is 5.82 Å². The van der Waals surface area contributed by atoms with Crippen LogP contribution in [0.2, 0.25) is 0 Å². The van der Waals surface area contributed by atoms with Gasteiger partial charge in [0.2, 0.25) is 11.8 Å². The van der Waals surface area contributed by atoms with Crippen LogP contribution < -0.4 is 11.1 Å². The van der Waals surface area contributed by atoms with Crippen LogP contribution in [0.5, 0.6) is 0 Å². The number of amides is 2. The molecule has 27 heavy (non-hydrogen) atoms. The molecule has 0 aliphatic carbocycles. The second-order valence-electron chi connectivity index (χ2n) is 6.47. The van der Waals surface area contributed by atoms with E-state index in [9.17, 15) is 14.0 Å². The number of carbonyl (C=O) groups excluding carboxylic acids is 2. The Labute approximate surface area is 157 Å². The number of benzene rings is 1. The third-order valence-corrected chi connectivity index (χ3v) is 4.40. The molecule has 1 aromatic heterocycles. The number of nitrogens with zero attached hydrogens (tertiary/aromatic N) is 3. The van der Waals surface area contributed by atoms with Gasteiger partial charge >= 0.3 is 0 Å². The maximum absolute atomic E-state index is 12.9. The van der Waals surface area contributed by atoms with Crippen molar-refractivity contribution in [3.63, 3.8) is 0 Å². The molecule has 0 spiro atoms. The number of halogens is 1. The van der Waals surface area contributed by atoms with E-state index in [2.05, 4.69) is 10.3 Å². The molecule has 0 atom stereocenters. The highest BCUT2D eigenvalue weighted by atomic mass is 19.1. The van der Waals surface area contributed by atoms with Crippen LogP contribution in [-0.4, -0.2) is 59.3 Å². The number of nitrogens with one attached hydrogen (secondary N) is 1. The molecule has 0 saturated carbocycles. The van der Waals surface area contributed by atoms with E-state index >= 15 is 0 Å². The third-order valence-electron chi connectivity index (χ3n) is 4.40. The topological polar surface area (TPSA) is 91.6 Å². The van der Waals surface area contributed by atoms with Crippen LogP contribution in [0.1, 0.15) is 5.69 Å². The predicted octanol–water partition coefficient (Wildman–Crippen LogP) is 1.13. The van der Waals surface area contributed by atoms with Gasteiger partial charge in [0.25, 0.3) is 0 Å². The fourth-order valence-corrected chi connectivity index (χ4v) is 2.90. The first kappa shape index (κ1) is 18.8. The number of anilines is 2. The minimum absolute atomic E-state index is 0.0164. The van der Waals surface area contributed by atoms with Gasteiger partial charge in [-0.1, -0.05) is 0 Å². The Morgan fingerprint density at radius 2 is 1.78 bits per heavy atom. The van der Waals surface area contributed by atoms with Gasteiger partial charge in [0, 0.05) is 37.6 Å². The summed E-state index contributed by atoms with van der Waals surface area (Å²) < 4.78 is 12.9. The maximum atomic E-state index is 12.9. The van der Waals surface area contributed by atoms with Crippen molar-refractivity contribution >= 4 is 23.2 Å². The molecular formula is C19H22FN5O2. The summed E-state index contributed by atoms with van der Waals surface area (Å²) in [5.74, 6) is -0.488. The monoisotopic (exact) mass is 371 g/mol. The number of hydrogen-bond donors (Lipinski definition) is 2. The maximum Gasteiger partial charge on any atom is 0.238 e. The Morgan fingerprint density at radius 3 is 2.41 bits per heavy atom. The predicted molar refractivity (Wildman–Crippen MR) is 100 cm³/mol. The largest absolute Gasteiger partial charge is 0.397 e. The quantitative estimate of drug-likeness (QED) is 0.822. The minimum atomic E-state index is -0.344. The van der Waals surface area contributed by atoms with Crippen molar-refractivity contribution < 1.29 is 14.0 Å². The molecule has 2 heterocycles. The Balaban J connectivity index is 1.42. The van der Waals surface area contributed by atoms with Gasteiger partial charge in [0.05, 0.1) is 24.8 Å². The van der Waals surface area contributed by atoms with Gasteiger partial charge in [0.1, 0.15) is 5.82 Å². The molecule has 1 aromatic carbocycles. The number of pyridine rings is 1. The summed E-state index contributed by atoms with van der Waals surface area (Å²) in [6.07, 6.45) is 1.78. The number of hydrogen-bond acceptors (Lipinski definition) is 5. The van der Waals surface area contributed by atoms with Crippen molar-refractivity contribution in [2.24, 2.45) is 0 Å². The lowest BCUT2D eigenvalue weighted by atomic mass is 10.2. The zero-order valence-corrected chi connectivity index (χ0v) is 14.9. The van der Waals surface area contributed by atoms with Crippen molar-refractivity contribution in [3.05, 3.63) is 54.1 Å². The van der Waals surface area contributed by atoms with Crippen LogP contribution in [-0.2, 0) is 16.0 Å². The number of rotatable bonds is 5. The first-order valence-corrected chi connectivity index (χ1v) is 8.75. The SMILES string of the molecule is Nc1ccc(CC(=O)N2CCN(CC(=O)Nc3ccc(F)cc3)CC2)nc1. The standard InChI is InChI=1S/C19H22FN5O2/c20-14-1-4-16(5-2-14)23-18(26)13-24-7-9-25(10-8-24)19(27)11-17-6-3-15(21)12-22-17/h1-6,12H,7-11,13,21H2,(H,23,26). The number of piperazine rings is 1. The number of nitrogen functional groups attached to an aromatic ring is 1. The summed E-state index contributed by atoms with van der Waals surface area (Å²) in [4.78, 5) is 32.4. The van der Waals surface area contributed by atoms with E-state index in [-0.39, 0.29) is 30.6 Å². The summed E-state index contributed by atoms with van der Waals surface area (Å²) in [5, 5.41) is 2.74. The summed E-state index contributed by atoms with van der Waals surface area (Å²) >= 11 is 0. The van der Waals surface area contributed by atoms with Gasteiger partial charge in [-0.25, -0.2) is 4.39 Å². The summed E-state index contributed by atoms with van der Waals surface area (Å²) in [6.45, 7) is 2.61. The van der Waals surface area contributed by atoms with E-state index in [1.165, 1.54) is 24.3 Å². The molecule has 0 unspecified atom stereocenters.